The highest BCUT2D eigenvalue weighted by Gasteiger charge is 2.21. The molecule has 2 heterocycles. The van der Waals surface area contributed by atoms with Gasteiger partial charge in [-0.1, -0.05) is 53.2 Å². The van der Waals surface area contributed by atoms with Crippen LogP contribution in [0.4, 0.5) is 4.39 Å². The molecule has 1 N–H and O–H groups in total. The van der Waals surface area contributed by atoms with Crippen molar-refractivity contribution in [1.82, 2.24) is 24.9 Å². The molecule has 29 heavy (non-hydrogen) atoms. The number of hydrogen-bond acceptors (Lipinski definition) is 3. The fourth-order valence-electron chi connectivity index (χ4n) is 2.96. The van der Waals surface area contributed by atoms with Gasteiger partial charge in [0, 0.05) is 18.9 Å². The first-order valence-corrected chi connectivity index (χ1v) is 9.32. The molecule has 1 amide bonds. The molecule has 2 aromatic heterocycles. The third-order valence-electron chi connectivity index (χ3n) is 4.39. The summed E-state index contributed by atoms with van der Waals surface area (Å²) in [6.07, 6.45) is 3.66. The molecule has 0 atom stereocenters. The van der Waals surface area contributed by atoms with E-state index in [9.17, 15) is 9.18 Å². The number of carbonyl (C=O) groups excluding carboxylic acids is 1. The van der Waals surface area contributed by atoms with Crippen molar-refractivity contribution in [2.24, 2.45) is 0 Å². The second-order valence-corrected chi connectivity index (χ2v) is 6.83. The highest BCUT2D eigenvalue weighted by atomic mass is 35.5. The lowest BCUT2D eigenvalue weighted by Gasteiger charge is -2.10. The van der Waals surface area contributed by atoms with Gasteiger partial charge >= 0.3 is 0 Å². The van der Waals surface area contributed by atoms with Crippen molar-refractivity contribution in [3.05, 3.63) is 101 Å². The molecule has 0 radical (unpaired) electrons. The Labute approximate surface area is 171 Å². The average Bonchev–Trinajstić information content (AvgIpc) is 3.39. The molecule has 0 bridgehead atoms. The van der Waals surface area contributed by atoms with Crippen LogP contribution in [0.5, 0.6) is 0 Å². The first-order valence-electron chi connectivity index (χ1n) is 8.94. The number of aromatic nitrogens is 4. The van der Waals surface area contributed by atoms with Crippen molar-refractivity contribution in [2.75, 3.05) is 0 Å². The molecule has 0 saturated carbocycles. The summed E-state index contributed by atoms with van der Waals surface area (Å²) in [7, 11) is 0. The van der Waals surface area contributed by atoms with Crippen LogP contribution in [0.1, 0.15) is 21.6 Å². The van der Waals surface area contributed by atoms with Crippen LogP contribution < -0.4 is 5.32 Å². The molecule has 2 aromatic carbocycles. The van der Waals surface area contributed by atoms with Gasteiger partial charge in [-0.3, -0.25) is 4.79 Å². The Morgan fingerprint density at radius 1 is 1.03 bits per heavy atom. The Morgan fingerprint density at radius 3 is 2.52 bits per heavy atom. The van der Waals surface area contributed by atoms with Crippen LogP contribution >= 0.6 is 11.6 Å². The van der Waals surface area contributed by atoms with Crippen molar-refractivity contribution in [3.8, 4) is 5.82 Å². The highest BCUT2D eigenvalue weighted by Crippen LogP contribution is 2.17. The third-order valence-corrected chi connectivity index (χ3v) is 4.67. The van der Waals surface area contributed by atoms with Crippen molar-refractivity contribution >= 4 is 17.5 Å². The van der Waals surface area contributed by atoms with Gasteiger partial charge in [0.1, 0.15) is 5.82 Å². The molecule has 0 spiro atoms. The summed E-state index contributed by atoms with van der Waals surface area (Å²) in [5, 5.41) is 11.1. The van der Waals surface area contributed by atoms with E-state index in [1.807, 2.05) is 54.9 Å². The molecule has 8 heteroatoms. The second kappa shape index (κ2) is 8.28. The van der Waals surface area contributed by atoms with Crippen molar-refractivity contribution < 1.29 is 9.18 Å². The van der Waals surface area contributed by atoms with E-state index < -0.39 is 5.82 Å². The number of nitrogens with one attached hydrogen (secondary N) is 1. The maximum atomic E-state index is 13.3. The molecule has 0 fully saturated rings. The number of halogens is 2. The minimum absolute atomic E-state index is 0.0126. The highest BCUT2D eigenvalue weighted by molar-refractivity contribution is 6.30. The molecule has 146 valence electrons. The quantitative estimate of drug-likeness (QED) is 0.526. The fraction of sp³-hybridized carbons (Fsp3) is 0.0952. The lowest BCUT2D eigenvalue weighted by Crippen LogP contribution is -2.25. The van der Waals surface area contributed by atoms with E-state index in [1.165, 1.54) is 12.1 Å². The maximum absolute atomic E-state index is 13.3. The van der Waals surface area contributed by atoms with E-state index >= 15 is 0 Å². The van der Waals surface area contributed by atoms with Gasteiger partial charge in [0.15, 0.2) is 11.5 Å². The third kappa shape index (κ3) is 4.20. The molecule has 4 aromatic rings. The molecule has 0 unspecified atom stereocenters. The summed E-state index contributed by atoms with van der Waals surface area (Å²) in [6.45, 7) is 0.664. The molecule has 4 rings (SSSR count). The Bertz CT molecular complexity index is 1130. The molecule has 0 aliphatic heterocycles. The summed E-state index contributed by atoms with van der Waals surface area (Å²) < 4.78 is 16.8. The summed E-state index contributed by atoms with van der Waals surface area (Å²) in [5.41, 5.74) is 1.92. The lowest BCUT2D eigenvalue weighted by atomic mass is 10.2. The fourth-order valence-corrected chi connectivity index (χ4v) is 3.17. The van der Waals surface area contributed by atoms with Gasteiger partial charge in [0.25, 0.3) is 5.91 Å². The second-order valence-electron chi connectivity index (χ2n) is 6.43. The zero-order chi connectivity index (χ0) is 20.2. The van der Waals surface area contributed by atoms with E-state index in [1.54, 1.807) is 15.3 Å². The molecule has 0 saturated heterocycles. The predicted octanol–water partition coefficient (Wildman–Crippen LogP) is 3.84. The van der Waals surface area contributed by atoms with Gasteiger partial charge in [-0.15, -0.1) is 5.10 Å². The van der Waals surface area contributed by atoms with Crippen LogP contribution in [0, 0.1) is 5.82 Å². The molecule has 0 aliphatic rings. The monoisotopic (exact) mass is 409 g/mol. The molecular weight excluding hydrogens is 393 g/mol. The molecule has 6 nitrogen and oxygen atoms in total. The topological polar surface area (TPSA) is 64.7 Å². The summed E-state index contributed by atoms with van der Waals surface area (Å²) in [4.78, 5) is 12.8. The van der Waals surface area contributed by atoms with Crippen molar-refractivity contribution in [2.45, 2.75) is 13.1 Å². The van der Waals surface area contributed by atoms with Crippen LogP contribution in [0.2, 0.25) is 5.02 Å². The number of carbonyl (C=O) groups is 1. The Morgan fingerprint density at radius 2 is 1.79 bits per heavy atom. The van der Waals surface area contributed by atoms with Crippen LogP contribution in [-0.4, -0.2) is 25.5 Å². The molecule has 0 aliphatic carbocycles. The largest absolute Gasteiger partial charge is 0.346 e. The zero-order valence-electron chi connectivity index (χ0n) is 15.3. The Balaban J connectivity index is 1.59. The van der Waals surface area contributed by atoms with Crippen LogP contribution in [-0.2, 0) is 13.1 Å². The van der Waals surface area contributed by atoms with E-state index in [0.29, 0.717) is 17.9 Å². The summed E-state index contributed by atoms with van der Waals surface area (Å²) in [6, 6.07) is 17.9. The maximum Gasteiger partial charge on any atom is 0.276 e. The summed E-state index contributed by atoms with van der Waals surface area (Å²) in [5.74, 6) is -0.317. The first kappa shape index (κ1) is 18.9. The van der Waals surface area contributed by atoms with E-state index in [2.05, 4.69) is 15.6 Å². The number of benzene rings is 2. The Kier molecular flexibility index (Phi) is 5.39. The minimum atomic E-state index is -0.500. The molecular formula is C21H17ClFN5O. The van der Waals surface area contributed by atoms with Crippen molar-refractivity contribution in [3.63, 3.8) is 0 Å². The van der Waals surface area contributed by atoms with Crippen LogP contribution in [0.15, 0.2) is 73.1 Å². The van der Waals surface area contributed by atoms with Gasteiger partial charge in [-0.05, 0) is 35.4 Å². The number of hydrogen-bond donors (Lipinski definition) is 1. The normalized spacial score (nSPS) is 10.8. The van der Waals surface area contributed by atoms with E-state index in [-0.39, 0.29) is 23.2 Å². The van der Waals surface area contributed by atoms with Crippen molar-refractivity contribution in [1.29, 1.82) is 0 Å². The van der Waals surface area contributed by atoms with Gasteiger partial charge in [0.2, 0.25) is 0 Å². The number of rotatable bonds is 6. The average molecular weight is 410 g/mol. The number of nitrogens with zero attached hydrogens (tertiary/aromatic N) is 4. The van der Waals surface area contributed by atoms with Gasteiger partial charge in [0.05, 0.1) is 11.6 Å². The number of amides is 1. The first-order chi connectivity index (χ1) is 14.1. The smallest absolute Gasteiger partial charge is 0.276 e. The van der Waals surface area contributed by atoms with Crippen LogP contribution in [0.25, 0.3) is 5.82 Å². The lowest BCUT2D eigenvalue weighted by molar-refractivity contribution is 0.0946. The van der Waals surface area contributed by atoms with E-state index in [0.717, 1.165) is 5.56 Å². The van der Waals surface area contributed by atoms with Gasteiger partial charge < -0.3 is 9.88 Å². The van der Waals surface area contributed by atoms with Crippen LogP contribution in [0.3, 0.4) is 0 Å². The predicted molar refractivity (Wildman–Crippen MR) is 107 cm³/mol. The standard InChI is InChI=1S/C21H17ClFN5O/c22-17-12-16(8-9-18(17)23)13-24-20(29)19-21(27-10-4-5-11-27)28(26-25-19)14-15-6-2-1-3-7-15/h1-12H,13-14H2,(H,24,29). The van der Waals surface area contributed by atoms with E-state index in [4.69, 9.17) is 11.6 Å². The Hall–Kier alpha value is -3.45. The minimum Gasteiger partial charge on any atom is -0.346 e. The van der Waals surface area contributed by atoms with Gasteiger partial charge in [-0.25, -0.2) is 9.07 Å². The SMILES string of the molecule is O=C(NCc1ccc(F)c(Cl)c1)c1nnn(Cc2ccccc2)c1-n1cccc1. The van der Waals surface area contributed by atoms with Gasteiger partial charge in [-0.2, -0.15) is 0 Å². The summed E-state index contributed by atoms with van der Waals surface area (Å²) >= 11 is 5.80. The zero-order valence-corrected chi connectivity index (χ0v) is 16.1.